The second-order valence-electron chi connectivity index (χ2n) is 7.65. The number of anilines is 1. The number of halogens is 1. The van der Waals surface area contributed by atoms with Gasteiger partial charge in [-0.2, -0.15) is 15.0 Å². The van der Waals surface area contributed by atoms with Crippen LogP contribution >= 0.6 is 11.8 Å². The average Bonchev–Trinajstić information content (AvgIpc) is 2.88. The number of benzene rings is 1. The number of amides is 1. The number of nitriles is 1. The van der Waals surface area contributed by atoms with Crippen molar-refractivity contribution in [2.75, 3.05) is 37.9 Å². The fraction of sp³-hybridized carbons (Fsp3) is 0.304. The van der Waals surface area contributed by atoms with Crippen LogP contribution in [0.4, 0.5) is 10.2 Å². The van der Waals surface area contributed by atoms with Crippen LogP contribution in [0, 0.1) is 17.1 Å². The topological polar surface area (TPSA) is 117 Å². The zero-order chi connectivity index (χ0) is 25.1. The van der Waals surface area contributed by atoms with Crippen LogP contribution in [-0.2, 0) is 4.79 Å². The highest BCUT2D eigenvalue weighted by molar-refractivity contribution is 7.98. The third-order valence-corrected chi connectivity index (χ3v) is 6.28. The molecular weight excluding hydrogens is 473 g/mol. The Morgan fingerprint density at radius 3 is 2.89 bits per heavy atom. The molecule has 1 amide bonds. The third-order valence-electron chi connectivity index (χ3n) is 5.73. The van der Waals surface area contributed by atoms with Crippen molar-refractivity contribution in [3.05, 3.63) is 53.2 Å². The Morgan fingerprint density at radius 1 is 1.40 bits per heavy atom. The van der Waals surface area contributed by atoms with Crippen molar-refractivity contribution in [1.82, 2.24) is 24.6 Å². The number of carbonyl (C=O) groups is 1. The molecule has 1 aliphatic rings. The van der Waals surface area contributed by atoms with Crippen LogP contribution in [-0.4, -0.2) is 69.6 Å². The summed E-state index contributed by atoms with van der Waals surface area (Å²) in [7, 11) is 1.38. The smallest absolute Gasteiger partial charge is 0.298 e. The number of nitrogens with zero attached hydrogens (tertiary/aromatic N) is 7. The molecule has 0 saturated carbocycles. The molecule has 3 heterocycles. The Labute approximate surface area is 204 Å². The van der Waals surface area contributed by atoms with E-state index in [1.807, 2.05) is 4.90 Å². The molecule has 0 bridgehead atoms. The van der Waals surface area contributed by atoms with Crippen molar-refractivity contribution < 1.29 is 13.9 Å². The third kappa shape index (κ3) is 4.42. The van der Waals surface area contributed by atoms with Gasteiger partial charge >= 0.3 is 0 Å². The second-order valence-corrected chi connectivity index (χ2v) is 8.42. The molecule has 0 radical (unpaired) electrons. The lowest BCUT2D eigenvalue weighted by Gasteiger charge is -2.41. The Balaban J connectivity index is 1.85. The first-order valence-electron chi connectivity index (χ1n) is 10.6. The zero-order valence-electron chi connectivity index (χ0n) is 19.1. The summed E-state index contributed by atoms with van der Waals surface area (Å²) in [6.07, 6.45) is 4.56. The maximum atomic E-state index is 14.7. The van der Waals surface area contributed by atoms with Crippen LogP contribution in [0.1, 0.15) is 6.42 Å². The number of ether oxygens (including phenoxy) is 1. The predicted octanol–water partition coefficient (Wildman–Crippen LogP) is 2.16. The summed E-state index contributed by atoms with van der Waals surface area (Å²) in [5.41, 5.74) is -0.668. The molecule has 12 heteroatoms. The minimum absolute atomic E-state index is 0.0705. The zero-order valence-corrected chi connectivity index (χ0v) is 20.0. The first-order chi connectivity index (χ1) is 16.9. The Bertz CT molecular complexity index is 1400. The van der Waals surface area contributed by atoms with Crippen molar-refractivity contribution in [2.24, 2.45) is 0 Å². The van der Waals surface area contributed by atoms with Gasteiger partial charge in [-0.25, -0.2) is 14.4 Å². The fourth-order valence-electron chi connectivity index (χ4n) is 4.08. The summed E-state index contributed by atoms with van der Waals surface area (Å²) in [6, 6.07) is 5.98. The summed E-state index contributed by atoms with van der Waals surface area (Å²) < 4.78 is 20.8. The van der Waals surface area contributed by atoms with Crippen LogP contribution in [0.15, 0.2) is 47.0 Å². The molecule has 1 atom stereocenters. The van der Waals surface area contributed by atoms with Crippen LogP contribution < -0.4 is 15.2 Å². The molecule has 0 unspecified atom stereocenters. The molecule has 1 saturated heterocycles. The van der Waals surface area contributed by atoms with Gasteiger partial charge in [0.15, 0.2) is 11.0 Å². The number of aromatic nitrogens is 4. The highest BCUT2D eigenvalue weighted by Gasteiger charge is 2.31. The van der Waals surface area contributed by atoms with Gasteiger partial charge in [0.1, 0.15) is 22.8 Å². The lowest BCUT2D eigenvalue weighted by Crippen LogP contribution is -2.55. The maximum Gasteiger partial charge on any atom is 0.298 e. The molecule has 1 aliphatic heterocycles. The monoisotopic (exact) mass is 495 g/mol. The summed E-state index contributed by atoms with van der Waals surface area (Å²) in [6.45, 7) is 4.65. The Hall–Kier alpha value is -3.98. The van der Waals surface area contributed by atoms with Crippen molar-refractivity contribution in [1.29, 1.82) is 5.26 Å². The number of carbonyl (C=O) groups excluding carboxylic acids is 1. The highest BCUT2D eigenvalue weighted by atomic mass is 32.2. The van der Waals surface area contributed by atoms with E-state index in [0.717, 1.165) is 4.68 Å². The SMILES string of the molecule is C=CC(=O)N1CCN(c2nc(SC)nc3c(=O)n(-c4c(F)cccc4OC)ncc23)C[C@@H]1CC#N. The van der Waals surface area contributed by atoms with Crippen LogP contribution in [0.5, 0.6) is 5.75 Å². The number of hydrogen-bond acceptors (Lipinski definition) is 9. The van der Waals surface area contributed by atoms with Gasteiger partial charge in [-0.05, 0) is 24.5 Å². The van der Waals surface area contributed by atoms with E-state index in [4.69, 9.17) is 4.74 Å². The van der Waals surface area contributed by atoms with Gasteiger partial charge < -0.3 is 14.5 Å². The summed E-state index contributed by atoms with van der Waals surface area (Å²) in [4.78, 5) is 38.2. The van der Waals surface area contributed by atoms with Gasteiger partial charge in [-0.1, -0.05) is 24.4 Å². The number of para-hydroxylation sites is 1. The van der Waals surface area contributed by atoms with Gasteiger partial charge in [-0.3, -0.25) is 9.59 Å². The van der Waals surface area contributed by atoms with E-state index in [1.54, 1.807) is 11.2 Å². The van der Waals surface area contributed by atoms with E-state index in [2.05, 4.69) is 27.7 Å². The fourth-order valence-corrected chi connectivity index (χ4v) is 4.44. The van der Waals surface area contributed by atoms with Gasteiger partial charge in [0.2, 0.25) is 5.91 Å². The minimum Gasteiger partial charge on any atom is -0.494 e. The van der Waals surface area contributed by atoms with Crippen molar-refractivity contribution >= 4 is 34.4 Å². The quantitative estimate of drug-likeness (QED) is 0.288. The minimum atomic E-state index is -0.667. The van der Waals surface area contributed by atoms with Gasteiger partial charge in [0, 0.05) is 19.6 Å². The van der Waals surface area contributed by atoms with E-state index in [0.29, 0.717) is 36.0 Å². The van der Waals surface area contributed by atoms with Crippen LogP contribution in [0.25, 0.3) is 16.6 Å². The summed E-state index contributed by atoms with van der Waals surface area (Å²) in [5.74, 6) is -0.295. The number of thioether (sulfide) groups is 1. The Morgan fingerprint density at radius 2 is 2.20 bits per heavy atom. The Kier molecular flexibility index (Phi) is 6.97. The van der Waals surface area contributed by atoms with Crippen molar-refractivity contribution in [3.63, 3.8) is 0 Å². The number of hydrogen-bond donors (Lipinski definition) is 0. The molecule has 1 aromatic carbocycles. The molecule has 0 spiro atoms. The van der Waals surface area contributed by atoms with E-state index in [9.17, 15) is 19.2 Å². The maximum absolute atomic E-state index is 14.7. The van der Waals surface area contributed by atoms with E-state index < -0.39 is 11.4 Å². The predicted molar refractivity (Wildman–Crippen MR) is 129 cm³/mol. The summed E-state index contributed by atoms with van der Waals surface area (Å²) in [5, 5.41) is 14.2. The van der Waals surface area contributed by atoms with Gasteiger partial charge in [0.25, 0.3) is 5.56 Å². The molecule has 10 nitrogen and oxygen atoms in total. The summed E-state index contributed by atoms with van der Waals surface area (Å²) >= 11 is 1.26. The highest BCUT2D eigenvalue weighted by Crippen LogP contribution is 2.29. The molecule has 0 aliphatic carbocycles. The largest absolute Gasteiger partial charge is 0.494 e. The van der Waals surface area contributed by atoms with E-state index in [1.165, 1.54) is 49.3 Å². The average molecular weight is 496 g/mol. The second kappa shape index (κ2) is 10.1. The number of rotatable bonds is 6. The molecule has 2 aromatic heterocycles. The lowest BCUT2D eigenvalue weighted by atomic mass is 10.1. The lowest BCUT2D eigenvalue weighted by molar-refractivity contribution is -0.128. The molecule has 1 fully saturated rings. The molecule has 3 aromatic rings. The van der Waals surface area contributed by atoms with Crippen molar-refractivity contribution in [3.8, 4) is 17.5 Å². The molecular formula is C23H22FN7O3S. The first kappa shape index (κ1) is 24.2. The number of methoxy groups -OCH3 is 1. The van der Waals surface area contributed by atoms with Gasteiger partial charge in [-0.15, -0.1) is 0 Å². The molecule has 4 rings (SSSR count). The first-order valence-corrected chi connectivity index (χ1v) is 11.9. The normalized spacial score (nSPS) is 15.7. The van der Waals surface area contributed by atoms with Crippen LogP contribution in [0.3, 0.4) is 0 Å². The number of fused-ring (bicyclic) bond motifs is 1. The molecule has 0 N–H and O–H groups in total. The van der Waals surface area contributed by atoms with Crippen molar-refractivity contribution in [2.45, 2.75) is 17.6 Å². The van der Waals surface area contributed by atoms with E-state index in [-0.39, 0.29) is 35.3 Å². The van der Waals surface area contributed by atoms with E-state index >= 15 is 0 Å². The molecule has 35 heavy (non-hydrogen) atoms. The van der Waals surface area contributed by atoms with Gasteiger partial charge in [0.05, 0.1) is 37.2 Å². The standard InChI is InChI=1S/C23H22FN7O3S/c1-4-18(32)30-11-10-29(13-14(30)8-9-25)21-15-12-26-31(20-16(24)6-5-7-17(20)34-2)22(33)19(15)27-23(28-21)35-3/h4-7,12,14H,1,8,10-11,13H2,2-3H3/t14-/m0/s1. The molecule has 180 valence electrons. The number of piperazine rings is 1. The van der Waals surface area contributed by atoms with Crippen LogP contribution in [0.2, 0.25) is 0 Å².